The van der Waals surface area contributed by atoms with Gasteiger partial charge in [-0.15, -0.1) is 0 Å². The molecule has 1 aliphatic rings. The number of halogens is 1. The van der Waals surface area contributed by atoms with Crippen LogP contribution in [-0.2, 0) is 16.1 Å². The number of benzene rings is 1. The number of carbonyl (C=O) groups excluding carboxylic acids is 1. The molecule has 0 unspecified atom stereocenters. The quantitative estimate of drug-likeness (QED) is 0.799. The topological polar surface area (TPSA) is 64.4 Å². The SMILES string of the molecule is NCC1(C(=O)NCc2ccc(F)cc2)COC1. The lowest BCUT2D eigenvalue weighted by Crippen LogP contribution is -2.58. The van der Waals surface area contributed by atoms with Gasteiger partial charge in [-0.05, 0) is 17.7 Å². The van der Waals surface area contributed by atoms with Gasteiger partial charge in [-0.1, -0.05) is 12.1 Å². The van der Waals surface area contributed by atoms with E-state index in [-0.39, 0.29) is 18.3 Å². The number of ether oxygens (including phenoxy) is 1. The largest absolute Gasteiger partial charge is 0.379 e. The van der Waals surface area contributed by atoms with Crippen LogP contribution in [0.2, 0.25) is 0 Å². The number of nitrogens with two attached hydrogens (primary N) is 1. The molecule has 1 fully saturated rings. The summed E-state index contributed by atoms with van der Waals surface area (Å²) in [6, 6.07) is 6.02. The van der Waals surface area contributed by atoms with E-state index in [2.05, 4.69) is 5.32 Å². The molecule has 92 valence electrons. The van der Waals surface area contributed by atoms with Crippen LogP contribution < -0.4 is 11.1 Å². The molecule has 17 heavy (non-hydrogen) atoms. The lowest BCUT2D eigenvalue weighted by molar-refractivity contribution is -0.159. The second-order valence-corrected chi connectivity index (χ2v) is 4.29. The maximum absolute atomic E-state index is 12.7. The zero-order chi connectivity index (χ0) is 12.3. The van der Waals surface area contributed by atoms with Crippen molar-refractivity contribution in [2.45, 2.75) is 6.54 Å². The molecule has 3 N–H and O–H groups in total. The van der Waals surface area contributed by atoms with Crippen molar-refractivity contribution in [3.63, 3.8) is 0 Å². The highest BCUT2D eigenvalue weighted by atomic mass is 19.1. The van der Waals surface area contributed by atoms with Crippen molar-refractivity contribution in [3.05, 3.63) is 35.6 Å². The summed E-state index contributed by atoms with van der Waals surface area (Å²) < 4.78 is 17.7. The first-order valence-electron chi connectivity index (χ1n) is 5.47. The van der Waals surface area contributed by atoms with E-state index < -0.39 is 5.41 Å². The molecule has 1 aromatic carbocycles. The van der Waals surface area contributed by atoms with Crippen LogP contribution in [0.25, 0.3) is 0 Å². The zero-order valence-electron chi connectivity index (χ0n) is 9.41. The molecule has 0 aromatic heterocycles. The first-order valence-corrected chi connectivity index (χ1v) is 5.47. The number of hydrogen-bond donors (Lipinski definition) is 2. The highest BCUT2D eigenvalue weighted by Gasteiger charge is 2.44. The maximum Gasteiger partial charge on any atom is 0.232 e. The van der Waals surface area contributed by atoms with Crippen molar-refractivity contribution in [1.29, 1.82) is 0 Å². The van der Waals surface area contributed by atoms with E-state index in [0.29, 0.717) is 19.8 Å². The second-order valence-electron chi connectivity index (χ2n) is 4.29. The Morgan fingerprint density at radius 2 is 2.06 bits per heavy atom. The lowest BCUT2D eigenvalue weighted by Gasteiger charge is -2.38. The minimum Gasteiger partial charge on any atom is -0.379 e. The van der Waals surface area contributed by atoms with Crippen molar-refractivity contribution in [3.8, 4) is 0 Å². The Kier molecular flexibility index (Phi) is 3.40. The molecule has 1 heterocycles. The van der Waals surface area contributed by atoms with Crippen LogP contribution in [0.5, 0.6) is 0 Å². The molecule has 5 heteroatoms. The van der Waals surface area contributed by atoms with Gasteiger partial charge in [0.2, 0.25) is 5.91 Å². The summed E-state index contributed by atoms with van der Waals surface area (Å²) in [4.78, 5) is 11.9. The van der Waals surface area contributed by atoms with E-state index in [0.717, 1.165) is 5.56 Å². The van der Waals surface area contributed by atoms with Crippen LogP contribution in [0.4, 0.5) is 4.39 Å². The molecule has 0 bridgehead atoms. The number of nitrogens with one attached hydrogen (secondary N) is 1. The molecule has 1 aromatic rings. The molecule has 0 radical (unpaired) electrons. The van der Waals surface area contributed by atoms with E-state index in [1.165, 1.54) is 12.1 Å². The number of amides is 1. The minimum absolute atomic E-state index is 0.101. The molecule has 2 rings (SSSR count). The predicted octanol–water partition coefficient (Wildman–Crippen LogP) is 0.417. The number of hydrogen-bond acceptors (Lipinski definition) is 3. The van der Waals surface area contributed by atoms with Gasteiger partial charge in [0.15, 0.2) is 0 Å². The van der Waals surface area contributed by atoms with Gasteiger partial charge in [0.05, 0.1) is 13.2 Å². The molecule has 1 saturated heterocycles. The van der Waals surface area contributed by atoms with E-state index in [1.807, 2.05) is 0 Å². The van der Waals surface area contributed by atoms with Crippen LogP contribution in [0, 0.1) is 11.2 Å². The van der Waals surface area contributed by atoms with E-state index in [9.17, 15) is 9.18 Å². The lowest BCUT2D eigenvalue weighted by atomic mass is 9.85. The summed E-state index contributed by atoms with van der Waals surface area (Å²) >= 11 is 0. The summed E-state index contributed by atoms with van der Waals surface area (Å²) in [6.45, 7) is 1.40. The average molecular weight is 238 g/mol. The standard InChI is InChI=1S/C12H15FN2O2/c13-10-3-1-9(2-4-10)5-15-11(16)12(6-14)7-17-8-12/h1-4H,5-8,14H2,(H,15,16). The van der Waals surface area contributed by atoms with Crippen LogP contribution in [0.1, 0.15) is 5.56 Å². The van der Waals surface area contributed by atoms with Crippen molar-refractivity contribution in [2.75, 3.05) is 19.8 Å². The van der Waals surface area contributed by atoms with Gasteiger partial charge in [0.25, 0.3) is 0 Å². The number of rotatable bonds is 4. The monoisotopic (exact) mass is 238 g/mol. The van der Waals surface area contributed by atoms with Crippen molar-refractivity contribution in [1.82, 2.24) is 5.32 Å². The minimum atomic E-state index is -0.569. The number of carbonyl (C=O) groups is 1. The molecule has 0 spiro atoms. The fourth-order valence-corrected chi connectivity index (χ4v) is 1.66. The van der Waals surface area contributed by atoms with Crippen molar-refractivity contribution >= 4 is 5.91 Å². The molecule has 4 nitrogen and oxygen atoms in total. The van der Waals surface area contributed by atoms with Gasteiger partial charge >= 0.3 is 0 Å². The van der Waals surface area contributed by atoms with Crippen LogP contribution in [0.15, 0.2) is 24.3 Å². The zero-order valence-corrected chi connectivity index (χ0v) is 9.41. The average Bonchev–Trinajstić information content (AvgIpc) is 2.27. The summed E-state index contributed by atoms with van der Waals surface area (Å²) in [5.74, 6) is -0.388. The van der Waals surface area contributed by atoms with Gasteiger partial charge < -0.3 is 15.8 Å². The molecule has 0 atom stereocenters. The molecular formula is C12H15FN2O2. The predicted molar refractivity (Wildman–Crippen MR) is 60.6 cm³/mol. The Hall–Kier alpha value is -1.46. The van der Waals surface area contributed by atoms with Crippen LogP contribution in [-0.4, -0.2) is 25.7 Å². The fraction of sp³-hybridized carbons (Fsp3) is 0.417. The first kappa shape index (κ1) is 12.0. The third kappa shape index (κ3) is 2.45. The summed E-state index contributed by atoms with van der Waals surface area (Å²) in [6.07, 6.45) is 0. The Morgan fingerprint density at radius 3 is 2.53 bits per heavy atom. The summed E-state index contributed by atoms with van der Waals surface area (Å²) in [5.41, 5.74) is 5.85. The molecule has 0 saturated carbocycles. The maximum atomic E-state index is 12.7. The molecular weight excluding hydrogens is 223 g/mol. The smallest absolute Gasteiger partial charge is 0.232 e. The third-order valence-electron chi connectivity index (χ3n) is 3.00. The Bertz CT molecular complexity index is 396. The van der Waals surface area contributed by atoms with Crippen molar-refractivity contribution in [2.24, 2.45) is 11.1 Å². The van der Waals surface area contributed by atoms with Gasteiger partial charge in [-0.25, -0.2) is 4.39 Å². The van der Waals surface area contributed by atoms with Gasteiger partial charge in [0, 0.05) is 13.1 Å². The first-order chi connectivity index (χ1) is 8.16. The highest BCUT2D eigenvalue weighted by molar-refractivity contribution is 5.84. The Balaban J connectivity index is 1.90. The normalized spacial score (nSPS) is 17.3. The third-order valence-corrected chi connectivity index (χ3v) is 3.00. The second kappa shape index (κ2) is 4.81. The van der Waals surface area contributed by atoms with Gasteiger partial charge in [0.1, 0.15) is 11.2 Å². The summed E-state index contributed by atoms with van der Waals surface area (Å²) in [5, 5.41) is 2.79. The van der Waals surface area contributed by atoms with E-state index in [1.54, 1.807) is 12.1 Å². The highest BCUT2D eigenvalue weighted by Crippen LogP contribution is 2.26. The Morgan fingerprint density at radius 1 is 1.41 bits per heavy atom. The van der Waals surface area contributed by atoms with E-state index >= 15 is 0 Å². The van der Waals surface area contributed by atoms with E-state index in [4.69, 9.17) is 10.5 Å². The fourth-order valence-electron chi connectivity index (χ4n) is 1.66. The van der Waals surface area contributed by atoms with Gasteiger partial charge in [-0.3, -0.25) is 4.79 Å². The van der Waals surface area contributed by atoms with Crippen molar-refractivity contribution < 1.29 is 13.9 Å². The van der Waals surface area contributed by atoms with Crippen LogP contribution in [0.3, 0.4) is 0 Å². The molecule has 1 amide bonds. The molecule has 1 aliphatic heterocycles. The molecule has 0 aliphatic carbocycles. The summed E-state index contributed by atoms with van der Waals surface area (Å²) in [7, 11) is 0. The van der Waals surface area contributed by atoms with Crippen LogP contribution >= 0.6 is 0 Å². The Labute approximate surface area is 98.9 Å². The van der Waals surface area contributed by atoms with Gasteiger partial charge in [-0.2, -0.15) is 0 Å².